The summed E-state index contributed by atoms with van der Waals surface area (Å²) in [4.78, 5) is 9.21. The fourth-order valence-electron chi connectivity index (χ4n) is 2.64. The molecule has 2 heterocycles. The van der Waals surface area contributed by atoms with Gasteiger partial charge in [0, 0.05) is 0 Å². The summed E-state index contributed by atoms with van der Waals surface area (Å²) in [5.41, 5.74) is 4.52. The number of aromatic nitrogens is 2. The fraction of sp³-hybridized carbons (Fsp3) is 0.0476. The Balaban J connectivity index is 1.69. The van der Waals surface area contributed by atoms with Crippen LogP contribution in [-0.2, 0) is 6.54 Å². The molecule has 0 bridgehead atoms. The number of benzene rings is 2. The topological polar surface area (TPSA) is 37.8 Å². The van der Waals surface area contributed by atoms with E-state index in [1.54, 1.807) is 6.20 Å². The molecular formula is C21H17N3Se. The molecule has 122 valence electrons. The standard InChI is InChI=1S/C21H17N3Se/c1-3-8-16(9-4-1)20-19(15-23-18-11-5-2-6-12-18)25-21(24-20)17-10-7-13-22-14-17/h1-14,23H,15H2. The van der Waals surface area contributed by atoms with Crippen molar-refractivity contribution in [3.8, 4) is 21.4 Å². The Hall–Kier alpha value is -2.68. The molecule has 0 atom stereocenters. The van der Waals surface area contributed by atoms with E-state index in [-0.39, 0.29) is 14.5 Å². The second-order valence-corrected chi connectivity index (χ2v) is 7.89. The quantitative estimate of drug-likeness (QED) is 0.511. The molecule has 0 aliphatic rings. The summed E-state index contributed by atoms with van der Waals surface area (Å²) >= 11 is 0.190. The zero-order valence-electron chi connectivity index (χ0n) is 13.6. The summed E-state index contributed by atoms with van der Waals surface area (Å²) in [5, 5.41) is 3.53. The Morgan fingerprint density at radius 2 is 1.52 bits per heavy atom. The molecule has 0 unspecified atom stereocenters. The van der Waals surface area contributed by atoms with Crippen LogP contribution in [0.5, 0.6) is 0 Å². The number of anilines is 1. The van der Waals surface area contributed by atoms with Crippen LogP contribution in [0.1, 0.15) is 4.44 Å². The van der Waals surface area contributed by atoms with E-state index in [1.165, 1.54) is 10.0 Å². The molecule has 0 saturated carbocycles. The van der Waals surface area contributed by atoms with Crippen molar-refractivity contribution in [2.24, 2.45) is 0 Å². The number of rotatable bonds is 5. The van der Waals surface area contributed by atoms with Gasteiger partial charge in [0.1, 0.15) is 0 Å². The third-order valence-electron chi connectivity index (χ3n) is 3.88. The number of pyridine rings is 1. The van der Waals surface area contributed by atoms with Crippen LogP contribution in [0.25, 0.3) is 21.4 Å². The Bertz CT molecular complexity index is 935. The molecule has 4 rings (SSSR count). The van der Waals surface area contributed by atoms with Gasteiger partial charge < -0.3 is 0 Å². The van der Waals surface area contributed by atoms with Crippen molar-refractivity contribution >= 4 is 20.2 Å². The fourth-order valence-corrected chi connectivity index (χ4v) is 4.77. The zero-order valence-corrected chi connectivity index (χ0v) is 15.3. The van der Waals surface area contributed by atoms with Gasteiger partial charge in [-0.3, -0.25) is 0 Å². The monoisotopic (exact) mass is 391 g/mol. The SMILES string of the molecule is c1ccc(NCc2[se]c(-c3cccnc3)nc2-c2ccccc2)cc1. The molecule has 1 N–H and O–H groups in total. The predicted molar refractivity (Wildman–Crippen MR) is 104 cm³/mol. The second-order valence-electron chi connectivity index (χ2n) is 5.62. The first-order valence-corrected chi connectivity index (χ1v) is 9.86. The van der Waals surface area contributed by atoms with E-state index in [0.717, 1.165) is 28.1 Å². The van der Waals surface area contributed by atoms with E-state index in [9.17, 15) is 0 Å². The van der Waals surface area contributed by atoms with Gasteiger partial charge >= 0.3 is 153 Å². The van der Waals surface area contributed by atoms with Gasteiger partial charge in [-0.1, -0.05) is 0 Å². The van der Waals surface area contributed by atoms with Crippen LogP contribution in [0, 0.1) is 0 Å². The van der Waals surface area contributed by atoms with E-state index in [4.69, 9.17) is 4.98 Å². The molecule has 0 aliphatic carbocycles. The Labute approximate surface area is 153 Å². The van der Waals surface area contributed by atoms with E-state index < -0.39 is 0 Å². The van der Waals surface area contributed by atoms with Crippen molar-refractivity contribution < 1.29 is 0 Å². The van der Waals surface area contributed by atoms with Crippen molar-refractivity contribution in [1.29, 1.82) is 0 Å². The summed E-state index contributed by atoms with van der Waals surface area (Å²) in [6.45, 7) is 0.807. The van der Waals surface area contributed by atoms with Gasteiger partial charge in [-0.15, -0.1) is 0 Å². The molecule has 0 fully saturated rings. The molecule has 2 aromatic heterocycles. The summed E-state index contributed by atoms with van der Waals surface area (Å²) in [7, 11) is 0. The number of para-hydroxylation sites is 1. The molecule has 0 aliphatic heterocycles. The van der Waals surface area contributed by atoms with Gasteiger partial charge in [0.2, 0.25) is 0 Å². The van der Waals surface area contributed by atoms with Gasteiger partial charge in [-0.2, -0.15) is 0 Å². The van der Waals surface area contributed by atoms with Gasteiger partial charge in [-0.05, 0) is 0 Å². The van der Waals surface area contributed by atoms with Crippen molar-refractivity contribution in [3.63, 3.8) is 0 Å². The van der Waals surface area contributed by atoms with Crippen LogP contribution in [0.2, 0.25) is 0 Å². The molecule has 25 heavy (non-hydrogen) atoms. The number of hydrogen-bond acceptors (Lipinski definition) is 3. The Morgan fingerprint density at radius 3 is 2.24 bits per heavy atom. The maximum absolute atomic E-state index is 4.97. The average Bonchev–Trinajstić information content (AvgIpc) is 3.13. The second kappa shape index (κ2) is 7.47. The Morgan fingerprint density at radius 1 is 0.800 bits per heavy atom. The molecule has 0 spiro atoms. The molecule has 3 nitrogen and oxygen atoms in total. The minimum absolute atomic E-state index is 0.190. The third kappa shape index (κ3) is 3.71. The van der Waals surface area contributed by atoms with Gasteiger partial charge in [0.25, 0.3) is 0 Å². The van der Waals surface area contributed by atoms with Crippen LogP contribution in [0.15, 0.2) is 85.2 Å². The summed E-state index contributed by atoms with van der Waals surface area (Å²) in [5.74, 6) is 0. The van der Waals surface area contributed by atoms with Crippen molar-refractivity contribution in [2.45, 2.75) is 6.54 Å². The van der Waals surface area contributed by atoms with Crippen molar-refractivity contribution in [1.82, 2.24) is 9.97 Å². The van der Waals surface area contributed by atoms with Crippen LogP contribution in [-0.4, -0.2) is 24.5 Å². The molecule has 4 heteroatoms. The van der Waals surface area contributed by atoms with E-state index >= 15 is 0 Å². The Kier molecular flexibility index (Phi) is 4.73. The maximum atomic E-state index is 4.97. The normalized spacial score (nSPS) is 10.6. The molecule has 0 amide bonds. The van der Waals surface area contributed by atoms with E-state index in [0.29, 0.717) is 0 Å². The first-order valence-electron chi connectivity index (χ1n) is 8.14. The first-order chi connectivity index (χ1) is 12.4. The van der Waals surface area contributed by atoms with Crippen LogP contribution < -0.4 is 5.32 Å². The molecule has 4 aromatic rings. The summed E-state index contributed by atoms with van der Waals surface area (Å²) in [6, 6.07) is 24.8. The van der Waals surface area contributed by atoms with Crippen molar-refractivity contribution in [2.75, 3.05) is 5.32 Å². The molecule has 0 saturated heterocycles. The molecular weight excluding hydrogens is 373 g/mol. The van der Waals surface area contributed by atoms with Gasteiger partial charge in [0.05, 0.1) is 0 Å². The average molecular weight is 390 g/mol. The van der Waals surface area contributed by atoms with E-state index in [2.05, 4.69) is 52.8 Å². The number of nitrogens with zero attached hydrogens (tertiary/aromatic N) is 2. The summed E-state index contributed by atoms with van der Waals surface area (Å²) < 4.78 is 2.51. The predicted octanol–water partition coefficient (Wildman–Crippen LogP) is 4.48. The number of nitrogens with one attached hydrogen (secondary N) is 1. The zero-order chi connectivity index (χ0) is 16.9. The van der Waals surface area contributed by atoms with Crippen LogP contribution >= 0.6 is 0 Å². The number of hydrogen-bond donors (Lipinski definition) is 1. The third-order valence-corrected chi connectivity index (χ3v) is 6.20. The van der Waals surface area contributed by atoms with Crippen LogP contribution in [0.4, 0.5) is 5.69 Å². The summed E-state index contributed by atoms with van der Waals surface area (Å²) in [6.07, 6.45) is 3.70. The van der Waals surface area contributed by atoms with Gasteiger partial charge in [-0.25, -0.2) is 0 Å². The van der Waals surface area contributed by atoms with Gasteiger partial charge in [0.15, 0.2) is 0 Å². The minimum atomic E-state index is 0.190. The van der Waals surface area contributed by atoms with Crippen molar-refractivity contribution in [3.05, 3.63) is 89.6 Å². The molecule has 0 radical (unpaired) electrons. The van der Waals surface area contributed by atoms with Crippen LogP contribution in [0.3, 0.4) is 0 Å². The van der Waals surface area contributed by atoms with E-state index in [1.807, 2.05) is 36.5 Å². The first kappa shape index (κ1) is 15.8. The molecule has 2 aromatic carbocycles.